The molecule has 0 aromatic heterocycles. The Morgan fingerprint density at radius 3 is 2.44 bits per heavy atom. The number of rotatable bonds is 2. The summed E-state index contributed by atoms with van der Waals surface area (Å²) < 4.78 is 0. The molecule has 3 atom stereocenters. The third-order valence-electron chi connectivity index (χ3n) is 5.30. The highest BCUT2D eigenvalue weighted by Crippen LogP contribution is 2.69. The third kappa shape index (κ3) is 0.854. The summed E-state index contributed by atoms with van der Waals surface area (Å²) in [5, 5.41) is 10.6. The maximum atomic E-state index is 12.2. The lowest BCUT2D eigenvalue weighted by Crippen LogP contribution is -2.53. The van der Waals surface area contributed by atoms with Gasteiger partial charge in [-0.05, 0) is 18.3 Å². The Labute approximate surface area is 95.5 Å². The highest BCUT2D eigenvalue weighted by Gasteiger charge is 2.74. The van der Waals surface area contributed by atoms with Crippen LogP contribution in [-0.4, -0.2) is 22.8 Å². The predicted molar refractivity (Wildman–Crippen MR) is 59.8 cm³/mol. The molecule has 1 N–H and O–H groups in total. The lowest BCUT2D eigenvalue weighted by atomic mass is 9.62. The summed E-state index contributed by atoms with van der Waals surface area (Å²) in [6.07, 6.45) is 2.08. The normalized spacial score (nSPS) is 44.8. The first-order chi connectivity index (χ1) is 7.23. The van der Waals surface area contributed by atoms with Gasteiger partial charge in [-0.25, -0.2) is 0 Å². The Kier molecular flexibility index (Phi) is 2.04. The molecule has 2 aliphatic rings. The Balaban J connectivity index is 2.63. The van der Waals surface area contributed by atoms with Crippen molar-refractivity contribution in [2.75, 3.05) is 0 Å². The molecule has 0 unspecified atom stereocenters. The Morgan fingerprint density at radius 2 is 2.06 bits per heavy atom. The minimum Gasteiger partial charge on any atom is -0.377 e. The molecule has 0 saturated heterocycles. The first-order valence-electron chi connectivity index (χ1n) is 5.64. The van der Waals surface area contributed by atoms with Gasteiger partial charge in [0.1, 0.15) is 6.29 Å². The van der Waals surface area contributed by atoms with Crippen LogP contribution in [-0.2, 0) is 9.59 Å². The zero-order chi connectivity index (χ0) is 12.4. The fourth-order valence-corrected chi connectivity index (χ4v) is 3.73. The van der Waals surface area contributed by atoms with Crippen molar-refractivity contribution in [1.29, 1.82) is 0 Å². The molecule has 2 bridgehead atoms. The van der Waals surface area contributed by atoms with E-state index >= 15 is 0 Å². The zero-order valence-corrected chi connectivity index (χ0v) is 10.0. The second-order valence-corrected chi connectivity index (χ2v) is 5.86. The van der Waals surface area contributed by atoms with Gasteiger partial charge in [-0.3, -0.25) is 9.59 Å². The summed E-state index contributed by atoms with van der Waals surface area (Å²) in [6.45, 7) is 9.46. The van der Waals surface area contributed by atoms with E-state index in [-0.39, 0.29) is 22.7 Å². The summed E-state index contributed by atoms with van der Waals surface area (Å²) in [5.74, 6) is -0.373. The fourth-order valence-electron chi connectivity index (χ4n) is 3.73. The van der Waals surface area contributed by atoms with Crippen LogP contribution in [0.1, 0.15) is 33.6 Å². The van der Waals surface area contributed by atoms with Gasteiger partial charge < -0.3 is 5.11 Å². The van der Waals surface area contributed by atoms with E-state index in [1.165, 1.54) is 0 Å². The molecule has 0 aromatic carbocycles. The van der Waals surface area contributed by atoms with Gasteiger partial charge in [0.05, 0.1) is 0 Å². The number of Topliss-reactive ketones (excluding diaryl/α,β-unsaturated/α-hetero) is 1. The van der Waals surface area contributed by atoms with Crippen LogP contribution in [0.15, 0.2) is 12.2 Å². The van der Waals surface area contributed by atoms with E-state index in [1.807, 2.05) is 20.8 Å². The lowest BCUT2D eigenvalue weighted by Gasteiger charge is -2.43. The Morgan fingerprint density at radius 1 is 1.50 bits per heavy atom. The molecule has 2 rings (SSSR count). The highest BCUT2D eigenvalue weighted by molar-refractivity contribution is 6.03. The maximum absolute atomic E-state index is 12.2. The zero-order valence-electron chi connectivity index (χ0n) is 10.0. The molecule has 0 aromatic rings. The number of carbonyl (C=O) groups excluding carboxylic acids is 2. The Hall–Kier alpha value is -0.960. The molecule has 0 spiro atoms. The minimum atomic E-state index is -1.65. The molecule has 0 amide bonds. The summed E-state index contributed by atoms with van der Waals surface area (Å²) in [7, 11) is 0. The number of carbonyl (C=O) groups is 2. The van der Waals surface area contributed by atoms with Gasteiger partial charge in [-0.1, -0.05) is 27.4 Å². The van der Waals surface area contributed by atoms with Crippen molar-refractivity contribution in [3.63, 3.8) is 0 Å². The molecule has 3 nitrogen and oxygen atoms in total. The molecule has 0 aliphatic heterocycles. The largest absolute Gasteiger partial charge is 0.377 e. The van der Waals surface area contributed by atoms with Gasteiger partial charge in [0.25, 0.3) is 0 Å². The van der Waals surface area contributed by atoms with Crippen LogP contribution in [0.5, 0.6) is 0 Å². The van der Waals surface area contributed by atoms with Crippen molar-refractivity contribution in [2.45, 2.75) is 39.2 Å². The number of hydrogen-bond acceptors (Lipinski definition) is 3. The van der Waals surface area contributed by atoms with Gasteiger partial charge >= 0.3 is 0 Å². The number of aldehydes is 1. The van der Waals surface area contributed by atoms with Crippen LogP contribution < -0.4 is 0 Å². The van der Waals surface area contributed by atoms with Crippen LogP contribution in [0.4, 0.5) is 0 Å². The maximum Gasteiger partial charge on any atom is 0.173 e. The lowest BCUT2D eigenvalue weighted by molar-refractivity contribution is -0.145. The van der Waals surface area contributed by atoms with E-state index in [9.17, 15) is 14.7 Å². The van der Waals surface area contributed by atoms with Crippen molar-refractivity contribution < 1.29 is 14.7 Å². The van der Waals surface area contributed by atoms with Crippen molar-refractivity contribution in [3.05, 3.63) is 12.2 Å². The standard InChI is InChI=1S/C13H18O3/c1-8(7-14)13(16)10(15)9-5-6-12(13,4)11(9,2)3/h7,9,16H,1,5-6H2,2-4H3/t9-,12-,13-/m0/s1. The Bertz CT molecular complexity index is 396. The summed E-state index contributed by atoms with van der Waals surface area (Å²) in [4.78, 5) is 23.1. The molecule has 88 valence electrons. The van der Waals surface area contributed by atoms with E-state index in [1.54, 1.807) is 0 Å². The van der Waals surface area contributed by atoms with E-state index in [0.717, 1.165) is 12.8 Å². The van der Waals surface area contributed by atoms with E-state index in [0.29, 0.717) is 6.29 Å². The molecule has 0 heterocycles. The predicted octanol–water partition coefficient (Wildman–Crippen LogP) is 1.50. The van der Waals surface area contributed by atoms with Crippen molar-refractivity contribution in [2.24, 2.45) is 16.7 Å². The molecular formula is C13H18O3. The monoisotopic (exact) mass is 222 g/mol. The van der Waals surface area contributed by atoms with Crippen molar-refractivity contribution in [3.8, 4) is 0 Å². The third-order valence-corrected chi connectivity index (χ3v) is 5.30. The SMILES string of the molecule is C=C(C=O)[C@]1(O)C(=O)[C@@H]2CC[C@@]1(C)C2(C)C. The number of ketones is 1. The van der Waals surface area contributed by atoms with Crippen LogP contribution in [0.3, 0.4) is 0 Å². The molecule has 2 aliphatic carbocycles. The van der Waals surface area contributed by atoms with Gasteiger partial charge in [0, 0.05) is 16.9 Å². The van der Waals surface area contributed by atoms with Crippen LogP contribution in [0.2, 0.25) is 0 Å². The summed E-state index contributed by atoms with van der Waals surface area (Å²) in [5.41, 5.74) is -2.48. The minimum absolute atomic E-state index is 0.00951. The van der Waals surface area contributed by atoms with Gasteiger partial charge in [-0.15, -0.1) is 0 Å². The highest BCUT2D eigenvalue weighted by atomic mass is 16.3. The van der Waals surface area contributed by atoms with E-state index in [2.05, 4.69) is 6.58 Å². The molecule has 0 radical (unpaired) electrons. The van der Waals surface area contributed by atoms with Gasteiger partial charge in [0.2, 0.25) is 0 Å². The van der Waals surface area contributed by atoms with Crippen molar-refractivity contribution >= 4 is 12.1 Å². The van der Waals surface area contributed by atoms with E-state index < -0.39 is 11.0 Å². The van der Waals surface area contributed by atoms with Crippen LogP contribution in [0, 0.1) is 16.7 Å². The smallest absolute Gasteiger partial charge is 0.173 e. The molecule has 2 saturated carbocycles. The topological polar surface area (TPSA) is 54.4 Å². The fraction of sp³-hybridized carbons (Fsp3) is 0.692. The number of fused-ring (bicyclic) bond motifs is 2. The summed E-state index contributed by atoms with van der Waals surface area (Å²) >= 11 is 0. The van der Waals surface area contributed by atoms with E-state index in [4.69, 9.17) is 0 Å². The second kappa shape index (κ2) is 2.83. The molecule has 2 fully saturated rings. The second-order valence-electron chi connectivity index (χ2n) is 5.86. The molecule has 16 heavy (non-hydrogen) atoms. The number of aliphatic hydroxyl groups is 1. The molecule has 3 heteroatoms. The first kappa shape index (κ1) is 11.5. The molecular weight excluding hydrogens is 204 g/mol. The van der Waals surface area contributed by atoms with Crippen LogP contribution >= 0.6 is 0 Å². The number of hydrogen-bond donors (Lipinski definition) is 1. The van der Waals surface area contributed by atoms with Gasteiger partial charge in [0.15, 0.2) is 11.4 Å². The first-order valence-corrected chi connectivity index (χ1v) is 5.64. The van der Waals surface area contributed by atoms with Crippen LogP contribution in [0.25, 0.3) is 0 Å². The van der Waals surface area contributed by atoms with Crippen molar-refractivity contribution in [1.82, 2.24) is 0 Å². The average Bonchev–Trinajstić information content (AvgIpc) is 2.52. The average molecular weight is 222 g/mol. The quantitative estimate of drug-likeness (QED) is 0.569. The summed E-state index contributed by atoms with van der Waals surface area (Å²) in [6, 6.07) is 0. The van der Waals surface area contributed by atoms with Gasteiger partial charge in [-0.2, -0.15) is 0 Å².